The highest BCUT2D eigenvalue weighted by Gasteiger charge is 2.33. The van der Waals surface area contributed by atoms with Crippen molar-refractivity contribution < 1.29 is 4.74 Å². The summed E-state index contributed by atoms with van der Waals surface area (Å²) in [5.41, 5.74) is 1.88. The van der Waals surface area contributed by atoms with Crippen LogP contribution in [-0.2, 0) is 30.1 Å². The molecule has 1 aliphatic heterocycles. The molecule has 3 heterocycles. The molecule has 158 valence electrons. The van der Waals surface area contributed by atoms with E-state index in [1.807, 2.05) is 12.1 Å². The van der Waals surface area contributed by atoms with Crippen LogP contribution in [0.15, 0.2) is 40.8 Å². The van der Waals surface area contributed by atoms with Gasteiger partial charge in [-0.3, -0.25) is 9.36 Å². The molecule has 0 bridgehead atoms. The molecule has 0 saturated heterocycles. The maximum absolute atomic E-state index is 13.5. The SMILES string of the molecule is C=CCn1c(SCc2ccc(Cl)c(Cl)c2)nc2sc3c(c2c1=O)C[C@](C)(CC)OC3. The minimum absolute atomic E-state index is 0.00519. The zero-order valence-corrected chi connectivity index (χ0v) is 20.0. The standard InChI is InChI=1S/C22H22Cl2N2O2S2/c1-4-8-26-20(27)18-14-10-22(3,5-2)28-11-17(14)30-19(18)25-21(26)29-12-13-6-7-15(23)16(24)9-13/h4,6-7,9H,1,5,8,10-12H2,2-3H3/t22-/m0/s1. The lowest BCUT2D eigenvalue weighted by Gasteiger charge is -2.32. The Hall–Kier alpha value is -1.31. The maximum atomic E-state index is 13.5. The lowest BCUT2D eigenvalue weighted by atomic mass is 9.90. The number of thiophene rings is 1. The highest BCUT2D eigenvalue weighted by atomic mass is 35.5. The van der Waals surface area contributed by atoms with Gasteiger partial charge in [0.15, 0.2) is 5.16 Å². The Bertz CT molecular complexity index is 1190. The number of ether oxygens (including phenoxy) is 1. The number of nitrogens with zero attached hydrogens (tertiary/aromatic N) is 2. The number of allylic oxidation sites excluding steroid dienone is 1. The van der Waals surface area contributed by atoms with Crippen LogP contribution in [0.4, 0.5) is 0 Å². The summed E-state index contributed by atoms with van der Waals surface area (Å²) in [5, 5.41) is 2.46. The fourth-order valence-electron chi connectivity index (χ4n) is 3.54. The zero-order chi connectivity index (χ0) is 21.5. The number of aromatic nitrogens is 2. The Labute approximate surface area is 193 Å². The van der Waals surface area contributed by atoms with E-state index < -0.39 is 0 Å². The van der Waals surface area contributed by atoms with E-state index in [0.717, 1.165) is 39.1 Å². The third-order valence-electron chi connectivity index (χ3n) is 5.47. The lowest BCUT2D eigenvalue weighted by Crippen LogP contribution is -2.34. The van der Waals surface area contributed by atoms with Gasteiger partial charge in [-0.1, -0.05) is 54.0 Å². The molecule has 0 spiro atoms. The Morgan fingerprint density at radius 2 is 2.20 bits per heavy atom. The normalized spacial score (nSPS) is 18.5. The Morgan fingerprint density at radius 3 is 2.90 bits per heavy atom. The van der Waals surface area contributed by atoms with Gasteiger partial charge in [0.05, 0.1) is 27.6 Å². The van der Waals surface area contributed by atoms with Crippen LogP contribution in [0, 0.1) is 0 Å². The van der Waals surface area contributed by atoms with Gasteiger partial charge in [0.1, 0.15) is 4.83 Å². The largest absolute Gasteiger partial charge is 0.369 e. The number of hydrogen-bond acceptors (Lipinski definition) is 5. The molecule has 0 amide bonds. The number of fused-ring (bicyclic) bond motifs is 3. The smallest absolute Gasteiger partial charge is 0.263 e. The first-order valence-electron chi connectivity index (χ1n) is 9.72. The van der Waals surface area contributed by atoms with Crippen molar-refractivity contribution in [2.45, 2.75) is 56.4 Å². The Kier molecular flexibility index (Phi) is 6.33. The molecule has 1 aliphatic rings. The van der Waals surface area contributed by atoms with Crippen molar-refractivity contribution in [1.29, 1.82) is 0 Å². The number of halogens is 2. The summed E-state index contributed by atoms with van der Waals surface area (Å²) in [6, 6.07) is 5.56. The molecule has 2 aromatic heterocycles. The monoisotopic (exact) mass is 480 g/mol. The predicted molar refractivity (Wildman–Crippen MR) is 127 cm³/mol. The molecule has 0 unspecified atom stereocenters. The molecular weight excluding hydrogens is 459 g/mol. The summed E-state index contributed by atoms with van der Waals surface area (Å²) in [6.45, 7) is 9.00. The molecule has 0 radical (unpaired) electrons. The minimum Gasteiger partial charge on any atom is -0.369 e. The minimum atomic E-state index is -0.238. The summed E-state index contributed by atoms with van der Waals surface area (Å²) < 4.78 is 7.79. The third kappa shape index (κ3) is 4.08. The fraction of sp³-hybridized carbons (Fsp3) is 0.364. The van der Waals surface area contributed by atoms with E-state index >= 15 is 0 Å². The van der Waals surface area contributed by atoms with Crippen molar-refractivity contribution in [3.63, 3.8) is 0 Å². The van der Waals surface area contributed by atoms with Crippen molar-refractivity contribution >= 4 is 56.5 Å². The van der Waals surface area contributed by atoms with Crippen molar-refractivity contribution in [2.24, 2.45) is 0 Å². The van der Waals surface area contributed by atoms with Gasteiger partial charge in [0.2, 0.25) is 0 Å². The van der Waals surface area contributed by atoms with Crippen LogP contribution in [0.2, 0.25) is 10.0 Å². The molecule has 4 nitrogen and oxygen atoms in total. The molecule has 30 heavy (non-hydrogen) atoms. The first-order valence-corrected chi connectivity index (χ1v) is 12.3. The van der Waals surface area contributed by atoms with Gasteiger partial charge >= 0.3 is 0 Å². The van der Waals surface area contributed by atoms with Gasteiger partial charge in [-0.15, -0.1) is 17.9 Å². The molecule has 0 saturated carbocycles. The van der Waals surface area contributed by atoms with Crippen LogP contribution in [-0.4, -0.2) is 15.2 Å². The molecule has 4 rings (SSSR count). The van der Waals surface area contributed by atoms with Crippen LogP contribution in [0.3, 0.4) is 0 Å². The third-order valence-corrected chi connectivity index (χ3v) is 8.36. The second-order valence-electron chi connectivity index (χ2n) is 7.59. The lowest BCUT2D eigenvalue weighted by molar-refractivity contribution is -0.0543. The summed E-state index contributed by atoms with van der Waals surface area (Å²) in [7, 11) is 0. The van der Waals surface area contributed by atoms with Gasteiger partial charge < -0.3 is 4.74 Å². The first-order chi connectivity index (χ1) is 14.3. The van der Waals surface area contributed by atoms with E-state index in [9.17, 15) is 4.79 Å². The van der Waals surface area contributed by atoms with Crippen molar-refractivity contribution in [1.82, 2.24) is 9.55 Å². The molecule has 0 aliphatic carbocycles. The molecule has 0 fully saturated rings. The predicted octanol–water partition coefficient (Wildman–Crippen LogP) is 6.48. The van der Waals surface area contributed by atoms with Gasteiger partial charge in [-0.2, -0.15) is 0 Å². The van der Waals surface area contributed by atoms with Gasteiger partial charge in [-0.25, -0.2) is 4.98 Å². The topological polar surface area (TPSA) is 44.1 Å². The maximum Gasteiger partial charge on any atom is 0.263 e. The molecule has 1 aromatic carbocycles. The number of thioether (sulfide) groups is 1. The molecule has 1 atom stereocenters. The Balaban J connectivity index is 1.75. The highest BCUT2D eigenvalue weighted by molar-refractivity contribution is 7.98. The van der Waals surface area contributed by atoms with E-state index in [4.69, 9.17) is 32.9 Å². The number of benzene rings is 1. The van der Waals surface area contributed by atoms with Crippen molar-refractivity contribution in [3.05, 3.63) is 67.3 Å². The highest BCUT2D eigenvalue weighted by Crippen LogP contribution is 2.39. The number of rotatable bonds is 6. The van der Waals surface area contributed by atoms with Gasteiger partial charge in [-0.05, 0) is 36.6 Å². The summed E-state index contributed by atoms with van der Waals surface area (Å²) in [4.78, 5) is 20.2. The first kappa shape index (κ1) is 21.9. The Morgan fingerprint density at radius 1 is 1.40 bits per heavy atom. The van der Waals surface area contributed by atoms with Crippen molar-refractivity contribution in [2.75, 3.05) is 0 Å². The number of hydrogen-bond donors (Lipinski definition) is 0. The van der Waals surface area contributed by atoms with Crippen molar-refractivity contribution in [3.8, 4) is 0 Å². The van der Waals surface area contributed by atoms with Crippen LogP contribution < -0.4 is 5.56 Å². The molecule has 8 heteroatoms. The van der Waals surface area contributed by atoms with Gasteiger partial charge in [0.25, 0.3) is 5.56 Å². The second-order valence-corrected chi connectivity index (χ2v) is 10.4. The molecular formula is C22H22Cl2N2O2S2. The average molecular weight is 481 g/mol. The fourth-order valence-corrected chi connectivity index (χ4v) is 5.96. The summed E-state index contributed by atoms with van der Waals surface area (Å²) in [6.07, 6.45) is 3.37. The van der Waals surface area contributed by atoms with Crippen LogP contribution in [0.5, 0.6) is 0 Å². The van der Waals surface area contributed by atoms with E-state index in [0.29, 0.717) is 34.1 Å². The molecule has 0 N–H and O–H groups in total. The van der Waals surface area contributed by atoms with E-state index in [1.165, 1.54) is 11.8 Å². The van der Waals surface area contributed by atoms with E-state index in [2.05, 4.69) is 20.4 Å². The van der Waals surface area contributed by atoms with Crippen LogP contribution >= 0.6 is 46.3 Å². The zero-order valence-electron chi connectivity index (χ0n) is 16.8. The summed E-state index contributed by atoms with van der Waals surface area (Å²) in [5.74, 6) is 0.633. The molecule has 3 aromatic rings. The van der Waals surface area contributed by atoms with Gasteiger partial charge in [0, 0.05) is 23.6 Å². The summed E-state index contributed by atoms with van der Waals surface area (Å²) >= 11 is 15.2. The quantitative estimate of drug-likeness (QED) is 0.230. The van der Waals surface area contributed by atoms with Crippen LogP contribution in [0.25, 0.3) is 10.2 Å². The average Bonchev–Trinajstić information content (AvgIpc) is 3.08. The van der Waals surface area contributed by atoms with Crippen LogP contribution in [0.1, 0.15) is 36.3 Å². The van der Waals surface area contributed by atoms with E-state index in [1.54, 1.807) is 28.0 Å². The second kappa shape index (κ2) is 8.67. The van der Waals surface area contributed by atoms with E-state index in [-0.39, 0.29) is 11.2 Å².